The van der Waals surface area contributed by atoms with Crippen LogP contribution >= 0.6 is 0 Å². The quantitative estimate of drug-likeness (QED) is 0.0263. The molecule has 0 saturated heterocycles. The maximum absolute atomic E-state index is 11.0. The molecule has 2 unspecified atom stereocenters. The van der Waals surface area contributed by atoms with Crippen molar-refractivity contribution >= 4 is 17.9 Å². The van der Waals surface area contributed by atoms with E-state index in [1.807, 2.05) is 0 Å². The Morgan fingerprint density at radius 2 is 0.484 bits per heavy atom. The van der Waals surface area contributed by atoms with Gasteiger partial charge in [0.05, 0.1) is 19.8 Å². The van der Waals surface area contributed by atoms with Gasteiger partial charge in [0.2, 0.25) is 0 Å². The minimum atomic E-state index is -0.296. The van der Waals surface area contributed by atoms with E-state index in [9.17, 15) is 14.4 Å². The minimum Gasteiger partial charge on any atom is -0.463 e. The molecule has 0 bridgehead atoms. The first-order valence-electron chi connectivity index (χ1n) is 26.6. The summed E-state index contributed by atoms with van der Waals surface area (Å²) in [6.45, 7) is 25.4. The van der Waals surface area contributed by atoms with E-state index in [1.54, 1.807) is 0 Å². The van der Waals surface area contributed by atoms with Gasteiger partial charge < -0.3 is 14.2 Å². The fourth-order valence-electron chi connectivity index (χ4n) is 8.09. The van der Waals surface area contributed by atoms with Crippen LogP contribution in [0.4, 0.5) is 0 Å². The van der Waals surface area contributed by atoms with Crippen LogP contribution in [0.15, 0.2) is 38.0 Å². The van der Waals surface area contributed by atoms with Crippen LogP contribution in [-0.4, -0.2) is 37.7 Å². The summed E-state index contributed by atoms with van der Waals surface area (Å²) in [5, 5.41) is 0. The van der Waals surface area contributed by atoms with Gasteiger partial charge in [-0.1, -0.05) is 247 Å². The highest BCUT2D eigenvalue weighted by atomic mass is 16.5. The van der Waals surface area contributed by atoms with E-state index in [0.717, 1.165) is 37.0 Å². The SMILES string of the molecule is C=CC(=O)OCCCC(CCCCC)CCCCCC.C=CC(=O)OCCCC(CCCCC)CCCCCCC.C=CC(=O)OCCCC(CCCCCC)CCCCCC. The van der Waals surface area contributed by atoms with Gasteiger partial charge in [0, 0.05) is 18.2 Å². The molecular weight excluding hydrogens is 769 g/mol. The number of carbonyl (C=O) groups is 3. The van der Waals surface area contributed by atoms with Crippen molar-refractivity contribution in [1.82, 2.24) is 0 Å². The van der Waals surface area contributed by atoms with Crippen molar-refractivity contribution in [3.05, 3.63) is 38.0 Å². The summed E-state index contributed by atoms with van der Waals surface area (Å²) < 4.78 is 15.2. The molecule has 0 aromatic carbocycles. The summed E-state index contributed by atoms with van der Waals surface area (Å²) in [5.41, 5.74) is 0. The fourth-order valence-corrected chi connectivity index (χ4v) is 8.09. The largest absolute Gasteiger partial charge is 0.463 e. The van der Waals surface area contributed by atoms with Gasteiger partial charge >= 0.3 is 17.9 Å². The predicted molar refractivity (Wildman–Crippen MR) is 270 cm³/mol. The molecule has 62 heavy (non-hydrogen) atoms. The standard InChI is InChI=1S/2C19H36O2.C18H34O2/c1-4-7-9-10-12-15-18(14-11-8-5-2)16-13-17-21-19(20)6-3;1-4-7-9-11-14-18(15-12-10-8-5-2)16-13-17-21-19(20)6-3;1-4-7-9-11-14-17(13-10-8-5-2)15-12-16-20-18(19)6-3/h2*6,18H,3-5,7-17H2,1-2H3;6,17H,3-5,7-16H2,1-2H3. The highest BCUT2D eigenvalue weighted by Gasteiger charge is 2.11. The Morgan fingerprint density at radius 1 is 0.306 bits per heavy atom. The first kappa shape index (κ1) is 63.9. The monoisotopic (exact) mass is 875 g/mol. The van der Waals surface area contributed by atoms with Gasteiger partial charge in [0.25, 0.3) is 0 Å². The van der Waals surface area contributed by atoms with Crippen molar-refractivity contribution in [2.24, 2.45) is 17.8 Å². The molecule has 0 radical (unpaired) electrons. The molecule has 0 aliphatic carbocycles. The summed E-state index contributed by atoms with van der Waals surface area (Å²) in [4.78, 5) is 33.0. The Morgan fingerprint density at radius 3 is 0.710 bits per heavy atom. The van der Waals surface area contributed by atoms with Crippen LogP contribution in [0.3, 0.4) is 0 Å². The lowest BCUT2D eigenvalue weighted by Gasteiger charge is -2.16. The molecule has 0 spiro atoms. The van der Waals surface area contributed by atoms with Gasteiger partial charge in [-0.05, 0) is 56.3 Å². The second kappa shape index (κ2) is 54.8. The van der Waals surface area contributed by atoms with Gasteiger partial charge in [0.15, 0.2) is 0 Å². The summed E-state index contributed by atoms with van der Waals surface area (Å²) in [7, 11) is 0. The molecule has 0 aromatic rings. The lowest BCUT2D eigenvalue weighted by Crippen LogP contribution is -2.06. The highest BCUT2D eigenvalue weighted by Crippen LogP contribution is 2.25. The van der Waals surface area contributed by atoms with Gasteiger partial charge in [-0.2, -0.15) is 0 Å². The Balaban J connectivity index is -0.000000843. The maximum Gasteiger partial charge on any atom is 0.330 e. The van der Waals surface area contributed by atoms with Crippen LogP contribution in [0.1, 0.15) is 266 Å². The van der Waals surface area contributed by atoms with E-state index in [1.165, 1.54) is 224 Å². The second-order valence-corrected chi connectivity index (χ2v) is 17.9. The van der Waals surface area contributed by atoms with Crippen LogP contribution in [0, 0.1) is 17.8 Å². The minimum absolute atomic E-state index is 0.294. The van der Waals surface area contributed by atoms with Gasteiger partial charge in [-0.25, -0.2) is 14.4 Å². The highest BCUT2D eigenvalue weighted by molar-refractivity contribution is 5.81. The third-order valence-corrected chi connectivity index (χ3v) is 12.0. The number of hydrogen-bond donors (Lipinski definition) is 0. The van der Waals surface area contributed by atoms with Crippen molar-refractivity contribution in [1.29, 1.82) is 0 Å². The number of rotatable bonds is 44. The molecule has 6 heteroatoms. The van der Waals surface area contributed by atoms with Crippen molar-refractivity contribution < 1.29 is 28.6 Å². The zero-order chi connectivity index (χ0) is 46.6. The lowest BCUT2D eigenvalue weighted by molar-refractivity contribution is -0.138. The summed E-state index contributed by atoms with van der Waals surface area (Å²) in [5.74, 6) is 1.58. The van der Waals surface area contributed by atoms with Crippen molar-refractivity contribution in [2.45, 2.75) is 266 Å². The number of carbonyl (C=O) groups excluding carboxylic acids is 3. The van der Waals surface area contributed by atoms with E-state index < -0.39 is 0 Å². The molecule has 0 aromatic heterocycles. The Hall–Kier alpha value is -2.37. The Bertz CT molecular complexity index is 964. The summed E-state index contributed by atoms with van der Waals surface area (Å²) >= 11 is 0. The topological polar surface area (TPSA) is 78.9 Å². The van der Waals surface area contributed by atoms with Gasteiger partial charge in [-0.3, -0.25) is 0 Å². The summed E-state index contributed by atoms with van der Waals surface area (Å²) in [6.07, 6.45) is 49.3. The molecule has 0 rings (SSSR count). The number of unbranched alkanes of at least 4 members (excludes halogenated alkanes) is 17. The fraction of sp³-hybridized carbons (Fsp3) is 0.839. The van der Waals surface area contributed by atoms with E-state index in [4.69, 9.17) is 14.2 Å². The van der Waals surface area contributed by atoms with Gasteiger partial charge in [-0.15, -0.1) is 0 Å². The molecule has 0 heterocycles. The predicted octanol–water partition coefficient (Wildman–Crippen LogP) is 17.8. The average Bonchev–Trinajstić information content (AvgIpc) is 3.28. The van der Waals surface area contributed by atoms with Gasteiger partial charge in [0.1, 0.15) is 0 Å². The molecular formula is C56H106O6. The van der Waals surface area contributed by atoms with Crippen LogP contribution in [0.2, 0.25) is 0 Å². The van der Waals surface area contributed by atoms with E-state index in [2.05, 4.69) is 61.3 Å². The van der Waals surface area contributed by atoms with Crippen LogP contribution in [0.25, 0.3) is 0 Å². The smallest absolute Gasteiger partial charge is 0.330 e. The third kappa shape index (κ3) is 52.0. The van der Waals surface area contributed by atoms with E-state index in [-0.39, 0.29) is 17.9 Å². The molecule has 0 saturated carbocycles. The first-order chi connectivity index (χ1) is 30.2. The third-order valence-electron chi connectivity index (χ3n) is 12.0. The molecule has 0 aliphatic rings. The number of hydrogen-bond acceptors (Lipinski definition) is 6. The zero-order valence-electron chi connectivity index (χ0n) is 42.4. The molecule has 6 nitrogen and oxygen atoms in total. The number of ether oxygens (including phenoxy) is 3. The Kier molecular flexibility index (Phi) is 56.5. The molecule has 0 N–H and O–H groups in total. The van der Waals surface area contributed by atoms with Crippen molar-refractivity contribution in [2.75, 3.05) is 19.8 Å². The molecule has 0 amide bonds. The molecule has 2 atom stereocenters. The van der Waals surface area contributed by atoms with Crippen LogP contribution < -0.4 is 0 Å². The molecule has 366 valence electrons. The maximum atomic E-state index is 11.0. The molecule has 0 fully saturated rings. The van der Waals surface area contributed by atoms with E-state index >= 15 is 0 Å². The first-order valence-corrected chi connectivity index (χ1v) is 26.6. The molecule has 0 aliphatic heterocycles. The van der Waals surface area contributed by atoms with Crippen molar-refractivity contribution in [3.8, 4) is 0 Å². The van der Waals surface area contributed by atoms with E-state index in [0.29, 0.717) is 19.8 Å². The zero-order valence-corrected chi connectivity index (χ0v) is 42.4. The van der Waals surface area contributed by atoms with Crippen molar-refractivity contribution in [3.63, 3.8) is 0 Å². The lowest BCUT2D eigenvalue weighted by atomic mass is 9.91. The van der Waals surface area contributed by atoms with Crippen LogP contribution in [-0.2, 0) is 28.6 Å². The normalized spacial score (nSPS) is 11.7. The van der Waals surface area contributed by atoms with Crippen LogP contribution in [0.5, 0.6) is 0 Å². The second-order valence-electron chi connectivity index (χ2n) is 17.9. The Labute approximate surface area is 387 Å². The summed E-state index contributed by atoms with van der Waals surface area (Å²) in [6, 6.07) is 0. The average molecular weight is 875 g/mol. The number of esters is 3.